The minimum absolute atomic E-state index is 0.0107. The van der Waals surface area contributed by atoms with E-state index in [0.29, 0.717) is 42.6 Å². The summed E-state index contributed by atoms with van der Waals surface area (Å²) in [5.74, 6) is -4.03. The molecule has 2 N–H and O–H groups in total. The van der Waals surface area contributed by atoms with Gasteiger partial charge in [-0.3, -0.25) is 14.4 Å². The van der Waals surface area contributed by atoms with Crippen LogP contribution in [-0.2, 0) is 27.8 Å². The highest BCUT2D eigenvalue weighted by Gasteiger charge is 2.65. The van der Waals surface area contributed by atoms with E-state index in [4.69, 9.17) is 11.6 Å². The second-order valence-corrected chi connectivity index (χ2v) is 12.1. The Balaban J connectivity index is 1.41. The summed E-state index contributed by atoms with van der Waals surface area (Å²) < 4.78 is 58.0. The minimum Gasteiger partial charge on any atom is -0.481 e. The van der Waals surface area contributed by atoms with Crippen molar-refractivity contribution in [1.82, 2.24) is 9.78 Å². The lowest BCUT2D eigenvalue weighted by Gasteiger charge is -2.25. The fourth-order valence-corrected chi connectivity index (χ4v) is 6.66. The van der Waals surface area contributed by atoms with Crippen molar-refractivity contribution in [3.63, 3.8) is 0 Å². The molecule has 2 atom stereocenters. The van der Waals surface area contributed by atoms with Crippen LogP contribution in [0.3, 0.4) is 0 Å². The molecule has 0 spiro atoms. The Kier molecular flexibility index (Phi) is 7.63. The predicted molar refractivity (Wildman–Crippen MR) is 154 cm³/mol. The van der Waals surface area contributed by atoms with Crippen LogP contribution in [0, 0.1) is 17.7 Å². The molecule has 3 aliphatic rings. The van der Waals surface area contributed by atoms with Gasteiger partial charge in [-0.15, -0.1) is 0 Å². The van der Waals surface area contributed by atoms with Crippen molar-refractivity contribution in [2.75, 3.05) is 5.32 Å². The summed E-state index contributed by atoms with van der Waals surface area (Å²) in [4.78, 5) is 39.0. The highest BCUT2D eigenvalue weighted by molar-refractivity contribution is 6.34. The Hall–Kier alpha value is -3.99. The van der Waals surface area contributed by atoms with Crippen molar-refractivity contribution < 1.29 is 37.1 Å². The van der Waals surface area contributed by atoms with Crippen LogP contribution in [0.1, 0.15) is 71.4 Å². The van der Waals surface area contributed by atoms with Gasteiger partial charge in [0.15, 0.2) is 0 Å². The average molecular weight is 630 g/mol. The first-order valence-electron chi connectivity index (χ1n) is 14.4. The SMILES string of the molecule is O=C(O)C1CC=C(c2nn(C(=O)c3c(Cl)cccc3C3(C(F)(F)F)CC3)c3c2CCC(C(=O)Nc2ccccc2F)C3)CC1. The van der Waals surface area contributed by atoms with Gasteiger partial charge >= 0.3 is 12.1 Å². The first kappa shape index (κ1) is 30.1. The molecule has 1 amide bonds. The van der Waals surface area contributed by atoms with E-state index in [1.54, 1.807) is 12.1 Å². The molecular formula is C32H28ClF4N3O4. The van der Waals surface area contributed by atoms with Crippen molar-refractivity contribution >= 4 is 40.6 Å². The number of benzene rings is 2. The molecule has 3 aromatic rings. The maximum atomic E-state index is 14.3. The van der Waals surface area contributed by atoms with Crippen LogP contribution in [0.2, 0.25) is 5.02 Å². The zero-order valence-corrected chi connectivity index (χ0v) is 24.1. The number of para-hydroxylation sites is 1. The number of aromatic nitrogens is 2. The van der Waals surface area contributed by atoms with E-state index in [1.807, 2.05) is 0 Å². The van der Waals surface area contributed by atoms with Crippen molar-refractivity contribution in [1.29, 1.82) is 0 Å². The van der Waals surface area contributed by atoms with E-state index in [-0.39, 0.29) is 47.5 Å². The molecule has 2 unspecified atom stereocenters. The Labute approximate surface area is 254 Å². The molecule has 12 heteroatoms. The lowest BCUT2D eigenvalue weighted by Crippen LogP contribution is -2.33. The van der Waals surface area contributed by atoms with Crippen molar-refractivity contribution in [3.8, 4) is 0 Å². The Morgan fingerprint density at radius 2 is 1.75 bits per heavy atom. The normalized spacial score (nSPS) is 20.8. The number of rotatable bonds is 6. The van der Waals surface area contributed by atoms with Gasteiger partial charge in [0.25, 0.3) is 5.91 Å². The number of halogens is 5. The molecule has 2 aromatic carbocycles. The first-order valence-corrected chi connectivity index (χ1v) is 14.8. The molecular weight excluding hydrogens is 602 g/mol. The van der Waals surface area contributed by atoms with E-state index in [9.17, 15) is 37.1 Å². The summed E-state index contributed by atoms with van der Waals surface area (Å²) >= 11 is 6.43. The number of nitrogens with one attached hydrogen (secondary N) is 1. The van der Waals surface area contributed by atoms with Gasteiger partial charge in [0.1, 0.15) is 5.82 Å². The van der Waals surface area contributed by atoms with Crippen LogP contribution < -0.4 is 5.32 Å². The molecule has 6 rings (SSSR count). The third-order valence-corrected chi connectivity index (χ3v) is 9.38. The van der Waals surface area contributed by atoms with Crippen molar-refractivity contribution in [2.24, 2.45) is 11.8 Å². The summed E-state index contributed by atoms with van der Waals surface area (Å²) in [5.41, 5.74) is -0.409. The Morgan fingerprint density at radius 3 is 2.39 bits per heavy atom. The van der Waals surface area contributed by atoms with E-state index in [1.165, 1.54) is 36.4 Å². The Morgan fingerprint density at radius 1 is 1.02 bits per heavy atom. The third kappa shape index (κ3) is 5.21. The van der Waals surface area contributed by atoms with Gasteiger partial charge in [0.05, 0.1) is 39.0 Å². The number of carboxylic acids is 1. The minimum atomic E-state index is -4.59. The summed E-state index contributed by atoms with van der Waals surface area (Å²) in [6.07, 6.45) is -1.40. The van der Waals surface area contributed by atoms with Gasteiger partial charge in [0, 0.05) is 17.9 Å². The second kappa shape index (κ2) is 11.2. The zero-order chi connectivity index (χ0) is 31.4. The van der Waals surface area contributed by atoms with Gasteiger partial charge in [-0.05, 0) is 74.3 Å². The maximum absolute atomic E-state index is 14.3. The molecule has 7 nitrogen and oxygen atoms in total. The summed E-state index contributed by atoms with van der Waals surface area (Å²) in [6.45, 7) is 0. The van der Waals surface area contributed by atoms with E-state index in [0.717, 1.165) is 10.3 Å². The maximum Gasteiger partial charge on any atom is 0.398 e. The number of alkyl halides is 3. The number of amides is 1. The number of carbonyl (C=O) groups is 3. The number of carbonyl (C=O) groups excluding carboxylic acids is 2. The van der Waals surface area contributed by atoms with Gasteiger partial charge in [-0.1, -0.05) is 41.9 Å². The molecule has 1 heterocycles. The zero-order valence-electron chi connectivity index (χ0n) is 23.4. The average Bonchev–Trinajstić information content (AvgIpc) is 3.73. The molecule has 3 aliphatic carbocycles. The molecule has 1 aromatic heterocycles. The molecule has 1 saturated carbocycles. The van der Waals surface area contributed by atoms with E-state index in [2.05, 4.69) is 10.4 Å². The van der Waals surface area contributed by atoms with Gasteiger partial charge in [-0.25, -0.2) is 4.39 Å². The van der Waals surface area contributed by atoms with Crippen LogP contribution >= 0.6 is 11.6 Å². The Bertz CT molecular complexity index is 1710. The quantitative estimate of drug-likeness (QED) is 0.287. The number of nitrogens with zero attached hydrogens (tertiary/aromatic N) is 2. The van der Waals surface area contributed by atoms with Crippen LogP contribution in [-0.4, -0.2) is 38.8 Å². The largest absolute Gasteiger partial charge is 0.481 e. The lowest BCUT2D eigenvalue weighted by molar-refractivity contribution is -0.160. The lowest BCUT2D eigenvalue weighted by atomic mass is 9.82. The molecule has 0 radical (unpaired) electrons. The molecule has 0 bridgehead atoms. The molecule has 44 heavy (non-hydrogen) atoms. The van der Waals surface area contributed by atoms with E-state index < -0.39 is 47.0 Å². The first-order chi connectivity index (χ1) is 20.9. The highest BCUT2D eigenvalue weighted by Crippen LogP contribution is 2.60. The third-order valence-electron chi connectivity index (χ3n) is 9.07. The number of anilines is 1. The predicted octanol–water partition coefficient (Wildman–Crippen LogP) is 6.97. The van der Waals surface area contributed by atoms with Crippen LogP contribution in [0.25, 0.3) is 5.57 Å². The summed E-state index contributed by atoms with van der Waals surface area (Å²) in [7, 11) is 0. The standard InChI is InChI=1S/C32H28ClF4N3O4/c33-22-5-3-4-21(31(14-15-31)32(35,36)37)26(22)29(42)40-25-16-19(28(41)38-24-7-2-1-6-23(24)34)12-13-20(25)27(39-40)17-8-10-18(11-9-17)30(43)44/h1-8,18-19H,9-16H2,(H,38,41)(H,43,44). The fourth-order valence-electron chi connectivity index (χ4n) is 6.41. The number of hydrogen-bond acceptors (Lipinski definition) is 4. The molecule has 1 fully saturated rings. The van der Waals surface area contributed by atoms with Gasteiger partial charge in [0.2, 0.25) is 5.91 Å². The second-order valence-electron chi connectivity index (χ2n) is 11.7. The summed E-state index contributed by atoms with van der Waals surface area (Å²) in [6, 6.07) is 9.75. The number of aliphatic carboxylic acids is 1. The number of hydrogen-bond donors (Lipinski definition) is 2. The van der Waals surface area contributed by atoms with Gasteiger partial charge < -0.3 is 10.4 Å². The van der Waals surface area contributed by atoms with E-state index >= 15 is 0 Å². The van der Waals surface area contributed by atoms with Crippen molar-refractivity contribution in [2.45, 2.75) is 63.0 Å². The molecule has 0 saturated heterocycles. The molecule has 230 valence electrons. The van der Waals surface area contributed by atoms with Crippen LogP contribution in [0.5, 0.6) is 0 Å². The van der Waals surface area contributed by atoms with Crippen LogP contribution in [0.15, 0.2) is 48.5 Å². The highest BCUT2D eigenvalue weighted by atomic mass is 35.5. The summed E-state index contributed by atoms with van der Waals surface area (Å²) in [5, 5.41) is 16.5. The molecule has 0 aliphatic heterocycles. The monoisotopic (exact) mass is 629 g/mol. The topological polar surface area (TPSA) is 101 Å². The number of carboxylic acid groups (broad SMARTS) is 1. The van der Waals surface area contributed by atoms with Crippen LogP contribution in [0.4, 0.5) is 23.2 Å². The van der Waals surface area contributed by atoms with Crippen molar-refractivity contribution in [3.05, 3.63) is 87.5 Å². The van der Waals surface area contributed by atoms with Gasteiger partial charge in [-0.2, -0.15) is 23.0 Å². The number of fused-ring (bicyclic) bond motifs is 1. The fraction of sp³-hybridized carbons (Fsp3) is 0.375. The smallest absolute Gasteiger partial charge is 0.398 e. The number of allylic oxidation sites excluding steroid dienone is 2.